The zero-order valence-electron chi connectivity index (χ0n) is 13.7. The number of rotatable bonds is 3. The molecule has 0 radical (unpaired) electrons. The molecular weight excluding hydrogens is 300 g/mol. The molecule has 2 rings (SSSR count). The molecule has 2 unspecified atom stereocenters. The van der Waals surface area contributed by atoms with E-state index < -0.39 is 5.60 Å². The first-order valence-corrected chi connectivity index (χ1v) is 8.65. The van der Waals surface area contributed by atoms with Crippen LogP contribution in [0.4, 0.5) is 4.79 Å². The topological polar surface area (TPSA) is 59.5 Å². The predicted octanol–water partition coefficient (Wildman–Crippen LogP) is 3.89. The van der Waals surface area contributed by atoms with Crippen LogP contribution in [0.15, 0.2) is 10.9 Å². The van der Waals surface area contributed by atoms with Gasteiger partial charge in [0.2, 0.25) is 0 Å². The molecule has 1 saturated heterocycles. The second kappa shape index (κ2) is 6.77. The van der Waals surface area contributed by atoms with Crippen molar-refractivity contribution >= 4 is 23.2 Å². The maximum atomic E-state index is 12.5. The van der Waals surface area contributed by atoms with Gasteiger partial charge in [0, 0.05) is 23.9 Å². The Kier molecular flexibility index (Phi) is 5.21. The standard InChI is InChI=1S/C16H24N2O3S/c1-11-6-5-7-12(8-14(19)13-9-22-10-17-13)18(11)15(20)21-16(2,3)4/h9-12H,5-8H2,1-4H3. The number of ether oxygens (including phenoxy) is 1. The third-order valence-electron chi connectivity index (χ3n) is 3.77. The van der Waals surface area contributed by atoms with Gasteiger partial charge >= 0.3 is 6.09 Å². The smallest absolute Gasteiger partial charge is 0.410 e. The van der Waals surface area contributed by atoms with Gasteiger partial charge in [-0.2, -0.15) is 0 Å². The minimum Gasteiger partial charge on any atom is -0.444 e. The SMILES string of the molecule is CC1CCCC(CC(=O)c2cscn2)N1C(=O)OC(C)(C)C. The van der Waals surface area contributed by atoms with Crippen LogP contribution in [0.3, 0.4) is 0 Å². The lowest BCUT2D eigenvalue weighted by atomic mass is 9.93. The van der Waals surface area contributed by atoms with E-state index in [1.807, 2.05) is 27.7 Å². The van der Waals surface area contributed by atoms with Gasteiger partial charge in [-0.25, -0.2) is 9.78 Å². The van der Waals surface area contributed by atoms with Gasteiger partial charge in [0.05, 0.1) is 5.51 Å². The van der Waals surface area contributed by atoms with E-state index in [-0.39, 0.29) is 24.0 Å². The number of likely N-dealkylation sites (tertiary alicyclic amines) is 1. The van der Waals surface area contributed by atoms with Gasteiger partial charge in [0.15, 0.2) is 5.78 Å². The Labute approximate surface area is 135 Å². The molecule has 1 aromatic rings. The van der Waals surface area contributed by atoms with Gasteiger partial charge in [-0.3, -0.25) is 4.79 Å². The van der Waals surface area contributed by atoms with Crippen LogP contribution < -0.4 is 0 Å². The van der Waals surface area contributed by atoms with Crippen LogP contribution in [0, 0.1) is 0 Å². The number of ketones is 1. The average Bonchev–Trinajstić information content (AvgIpc) is 2.90. The van der Waals surface area contributed by atoms with E-state index in [1.165, 1.54) is 11.3 Å². The summed E-state index contributed by atoms with van der Waals surface area (Å²) in [6.07, 6.45) is 2.79. The van der Waals surface area contributed by atoms with Crippen molar-refractivity contribution in [1.29, 1.82) is 0 Å². The first kappa shape index (κ1) is 16.9. The molecule has 0 saturated carbocycles. The monoisotopic (exact) mass is 324 g/mol. The van der Waals surface area contributed by atoms with Gasteiger partial charge in [-0.15, -0.1) is 11.3 Å². The summed E-state index contributed by atoms with van der Waals surface area (Å²) >= 11 is 1.41. The Bertz CT molecular complexity index is 522. The van der Waals surface area contributed by atoms with Gasteiger partial charge in [-0.1, -0.05) is 0 Å². The molecule has 2 atom stereocenters. The highest BCUT2D eigenvalue weighted by Gasteiger charge is 2.36. The number of hydrogen-bond acceptors (Lipinski definition) is 5. The summed E-state index contributed by atoms with van der Waals surface area (Å²) in [4.78, 5) is 30.6. The van der Waals surface area contributed by atoms with E-state index in [9.17, 15) is 9.59 Å². The molecule has 1 aromatic heterocycles. The molecule has 2 heterocycles. The molecule has 1 aliphatic rings. The lowest BCUT2D eigenvalue weighted by Gasteiger charge is -2.40. The highest BCUT2D eigenvalue weighted by atomic mass is 32.1. The number of amides is 1. The van der Waals surface area contributed by atoms with Crippen molar-refractivity contribution in [1.82, 2.24) is 9.88 Å². The van der Waals surface area contributed by atoms with Crippen LogP contribution in [-0.4, -0.2) is 39.4 Å². The number of carbonyl (C=O) groups excluding carboxylic acids is 2. The van der Waals surface area contributed by atoms with Crippen LogP contribution in [-0.2, 0) is 4.74 Å². The molecule has 5 nitrogen and oxygen atoms in total. The summed E-state index contributed by atoms with van der Waals surface area (Å²) in [5, 5.41) is 1.76. The number of nitrogens with zero attached hydrogens (tertiary/aromatic N) is 2. The largest absolute Gasteiger partial charge is 0.444 e. The highest BCUT2D eigenvalue weighted by Crippen LogP contribution is 2.28. The maximum Gasteiger partial charge on any atom is 0.410 e. The second-order valence-corrected chi connectivity index (χ2v) is 7.54. The van der Waals surface area contributed by atoms with Crippen LogP contribution in [0.2, 0.25) is 0 Å². The Morgan fingerprint density at radius 1 is 1.41 bits per heavy atom. The summed E-state index contributed by atoms with van der Waals surface area (Å²) in [5.41, 5.74) is 1.62. The van der Waals surface area contributed by atoms with Crippen molar-refractivity contribution in [3.05, 3.63) is 16.6 Å². The van der Waals surface area contributed by atoms with Crippen molar-refractivity contribution in [2.24, 2.45) is 0 Å². The quantitative estimate of drug-likeness (QED) is 0.791. The lowest BCUT2D eigenvalue weighted by molar-refractivity contribution is -0.00307. The summed E-state index contributed by atoms with van der Waals surface area (Å²) in [6, 6.07) is -0.00960. The second-order valence-electron chi connectivity index (χ2n) is 6.82. The van der Waals surface area contributed by atoms with E-state index in [4.69, 9.17) is 4.74 Å². The Hall–Kier alpha value is -1.43. The fraction of sp³-hybridized carbons (Fsp3) is 0.688. The number of hydrogen-bond donors (Lipinski definition) is 0. The normalized spacial score (nSPS) is 22.5. The summed E-state index contributed by atoms with van der Waals surface area (Å²) in [7, 11) is 0. The van der Waals surface area contributed by atoms with Crippen LogP contribution >= 0.6 is 11.3 Å². The minimum atomic E-state index is -0.530. The molecule has 0 aliphatic carbocycles. The molecule has 1 aliphatic heterocycles. The minimum absolute atomic E-state index is 0.00564. The first-order valence-electron chi connectivity index (χ1n) is 7.70. The van der Waals surface area contributed by atoms with Gasteiger partial charge < -0.3 is 9.64 Å². The van der Waals surface area contributed by atoms with Crippen LogP contribution in [0.1, 0.15) is 63.9 Å². The average molecular weight is 324 g/mol. The van der Waals surface area contributed by atoms with Crippen LogP contribution in [0.25, 0.3) is 0 Å². The van der Waals surface area contributed by atoms with Crippen molar-refractivity contribution in [3.8, 4) is 0 Å². The summed E-state index contributed by atoms with van der Waals surface area (Å²) in [5.74, 6) is -0.00564. The number of thiazole rings is 1. The maximum absolute atomic E-state index is 12.5. The Balaban J connectivity index is 2.09. The highest BCUT2D eigenvalue weighted by molar-refractivity contribution is 7.07. The lowest BCUT2D eigenvalue weighted by Crippen LogP contribution is -2.51. The molecule has 6 heteroatoms. The van der Waals surface area contributed by atoms with Crippen molar-refractivity contribution in [3.63, 3.8) is 0 Å². The first-order chi connectivity index (χ1) is 10.3. The van der Waals surface area contributed by atoms with E-state index >= 15 is 0 Å². The number of piperidine rings is 1. The number of carbonyl (C=O) groups is 2. The molecule has 0 spiro atoms. The zero-order chi connectivity index (χ0) is 16.3. The molecule has 1 amide bonds. The molecule has 122 valence electrons. The van der Waals surface area contributed by atoms with Gasteiger partial charge in [-0.05, 0) is 47.0 Å². The summed E-state index contributed by atoms with van der Waals surface area (Å²) < 4.78 is 5.51. The van der Waals surface area contributed by atoms with Crippen LogP contribution in [0.5, 0.6) is 0 Å². The fourth-order valence-electron chi connectivity index (χ4n) is 2.80. The van der Waals surface area contributed by atoms with E-state index in [0.29, 0.717) is 12.1 Å². The van der Waals surface area contributed by atoms with Crippen molar-refractivity contribution < 1.29 is 14.3 Å². The van der Waals surface area contributed by atoms with E-state index in [0.717, 1.165) is 19.3 Å². The van der Waals surface area contributed by atoms with E-state index in [1.54, 1.807) is 15.8 Å². The van der Waals surface area contributed by atoms with E-state index in [2.05, 4.69) is 4.98 Å². The van der Waals surface area contributed by atoms with Crippen molar-refractivity contribution in [2.45, 2.75) is 71.1 Å². The molecular formula is C16H24N2O3S. The summed E-state index contributed by atoms with van der Waals surface area (Å²) in [6.45, 7) is 7.59. The zero-order valence-corrected chi connectivity index (χ0v) is 14.5. The third-order valence-corrected chi connectivity index (χ3v) is 4.36. The van der Waals surface area contributed by atoms with Crippen molar-refractivity contribution in [2.75, 3.05) is 0 Å². The Morgan fingerprint density at radius 3 is 2.73 bits per heavy atom. The van der Waals surface area contributed by atoms with Gasteiger partial charge in [0.25, 0.3) is 0 Å². The fourth-order valence-corrected chi connectivity index (χ4v) is 3.36. The molecule has 0 bridgehead atoms. The predicted molar refractivity (Wildman–Crippen MR) is 86.2 cm³/mol. The third kappa shape index (κ3) is 4.29. The molecule has 22 heavy (non-hydrogen) atoms. The molecule has 0 N–H and O–H groups in total. The number of Topliss-reactive ketones (excluding diaryl/α,β-unsaturated/α-hetero) is 1. The Morgan fingerprint density at radius 2 is 2.14 bits per heavy atom. The molecule has 1 fully saturated rings. The molecule has 0 aromatic carbocycles. The number of aromatic nitrogens is 1. The van der Waals surface area contributed by atoms with Gasteiger partial charge in [0.1, 0.15) is 11.3 Å².